The van der Waals surface area contributed by atoms with Gasteiger partial charge in [0.1, 0.15) is 0 Å². The predicted octanol–water partition coefficient (Wildman–Crippen LogP) is 24.4. The van der Waals surface area contributed by atoms with Gasteiger partial charge in [0.2, 0.25) is 0 Å². The summed E-state index contributed by atoms with van der Waals surface area (Å²) in [6.07, 6.45) is 16.9. The number of methoxy groups -OCH3 is 2. The average Bonchev–Trinajstić information content (AvgIpc) is 0.914. The second-order valence-corrected chi connectivity index (χ2v) is 29.8. The number of nitrogens with zero attached hydrogens (tertiary/aromatic N) is 4. The summed E-state index contributed by atoms with van der Waals surface area (Å²) in [6, 6.07) is 62.8. The molecule has 0 spiro atoms. The van der Waals surface area contributed by atoms with Crippen molar-refractivity contribution in [3.05, 3.63) is 265 Å². The van der Waals surface area contributed by atoms with Crippen LogP contribution in [0.5, 0.6) is 0 Å². The molecule has 0 fully saturated rings. The summed E-state index contributed by atoms with van der Waals surface area (Å²) in [5, 5.41) is 0. The summed E-state index contributed by atoms with van der Waals surface area (Å²) in [5.74, 6) is -0.740. The molecule has 0 aliphatic carbocycles. The summed E-state index contributed by atoms with van der Waals surface area (Å²) < 4.78 is 256. The first kappa shape index (κ1) is 78.2. The van der Waals surface area contributed by atoms with Gasteiger partial charge in [0, 0.05) is 70.8 Å². The molecule has 540 valence electrons. The van der Waals surface area contributed by atoms with E-state index in [4.69, 9.17) is 9.47 Å². The fourth-order valence-corrected chi connectivity index (χ4v) is 9.73. The van der Waals surface area contributed by atoms with Gasteiger partial charge in [-0.3, -0.25) is 0 Å². The standard InChI is InChI=1S/C64H52N4O4.4F6P/c1-71-63(69)61-57-5-3-6-58(61)54-19-11-46(12-20-54)42-66-35-27-50(28-36-66)52-31-39-68(40-32-52)44-48-15-23-56(24-16-48)60-8-4-7-59(62(60)64(70)72-2)55-21-13-47(14-22-55)43-67-37-29-51(30-38-67)49-25-33-65(34-26-49)41-45-9-17-53(57)18-10-45;4*1-7(2,3,4,5)6/h3-40H,41-44H2,1-2H3;;;;/q+4;4*-1. The van der Waals surface area contributed by atoms with Crippen LogP contribution in [0.1, 0.15) is 43.0 Å². The quantitative estimate of drug-likeness (QED) is 0.0749. The first-order chi connectivity index (χ1) is 45.1. The van der Waals surface area contributed by atoms with Crippen LogP contribution in [0.2, 0.25) is 0 Å². The Morgan fingerprint density at radius 3 is 0.540 bits per heavy atom. The van der Waals surface area contributed by atoms with Gasteiger partial charge < -0.3 is 9.47 Å². The molecule has 0 atom stereocenters. The zero-order valence-corrected chi connectivity index (χ0v) is 54.6. The van der Waals surface area contributed by atoms with Crippen LogP contribution in [0.4, 0.5) is 101 Å². The van der Waals surface area contributed by atoms with Crippen LogP contribution in [0.25, 0.3) is 66.8 Å². The number of ether oxygens (including phenoxy) is 2. The first-order valence-electron chi connectivity index (χ1n) is 28.2. The van der Waals surface area contributed by atoms with Crippen LogP contribution in [0, 0.1) is 0 Å². The average molecular weight is 1520 g/mol. The van der Waals surface area contributed by atoms with Gasteiger partial charge in [0.25, 0.3) is 0 Å². The molecule has 100 heavy (non-hydrogen) atoms. The zero-order valence-electron chi connectivity index (χ0n) is 51.0. The molecule has 17 heterocycles. The topological polar surface area (TPSA) is 68.1 Å². The Hall–Kier alpha value is -9.10. The van der Waals surface area contributed by atoms with Crippen molar-refractivity contribution in [2.75, 3.05) is 14.2 Å². The summed E-state index contributed by atoms with van der Waals surface area (Å²) in [7, 11) is -39.8. The molecule has 0 radical (unpaired) electrons. The molecule has 0 saturated carbocycles. The number of carbonyl (C=O) groups is 2. The van der Waals surface area contributed by atoms with Crippen LogP contribution in [0.3, 0.4) is 0 Å². The number of halogens is 24. The monoisotopic (exact) mass is 1520 g/mol. The molecule has 13 aliphatic rings. The Bertz CT molecular complexity index is 3990. The first-order valence-corrected chi connectivity index (χ1v) is 36.3. The minimum atomic E-state index is -10.7. The predicted molar refractivity (Wildman–Crippen MR) is 333 cm³/mol. The van der Waals surface area contributed by atoms with Crippen LogP contribution in [-0.4, -0.2) is 26.2 Å². The Kier molecular flexibility index (Phi) is 20.0. The molecule has 0 amide bonds. The van der Waals surface area contributed by atoms with Crippen LogP contribution in [-0.2, 0) is 35.7 Å². The van der Waals surface area contributed by atoms with E-state index in [0.29, 0.717) is 37.3 Å². The number of esters is 2. The third-order valence-electron chi connectivity index (χ3n) is 13.7. The molecule has 0 unspecified atom stereocenters. The number of benzene rings is 6. The third-order valence-corrected chi connectivity index (χ3v) is 13.7. The fraction of sp³-hybridized carbons (Fsp3) is 0.0938. The van der Waals surface area contributed by atoms with Crippen LogP contribution >= 0.6 is 31.2 Å². The van der Waals surface area contributed by atoms with E-state index in [1.807, 2.05) is 36.4 Å². The molecular formula is C64H52F24N4O4P4. The molecule has 0 N–H and O–H groups in total. The van der Waals surface area contributed by atoms with Crippen molar-refractivity contribution in [1.82, 2.24) is 0 Å². The van der Waals surface area contributed by atoms with Crippen molar-refractivity contribution in [3.8, 4) is 66.8 Å². The summed E-state index contributed by atoms with van der Waals surface area (Å²) in [4.78, 5) is 27.0. The van der Waals surface area contributed by atoms with Crippen molar-refractivity contribution >= 4 is 43.2 Å². The molecule has 36 heteroatoms. The Labute approximate surface area is 551 Å². The molecule has 8 nitrogen and oxygen atoms in total. The SMILES string of the molecule is COC(=O)c1c2cccc1-c1ccc(cc1)C[n+]1ccc(cc1)-c1cc[n+](cc1)Cc1ccc(cc1)-c1cccc(c1C(=O)OC)-c1ccc(cc1)C[n+]1ccc(cc1)-c1cc[n+](cc1)Cc1ccc-2cc1.F[P-](F)(F)(F)(F)F.F[P-](F)(F)(F)(F)F.F[P-](F)(F)(F)(F)F.F[P-](F)(F)(F)(F)F. The number of hydrogen-bond donors (Lipinski definition) is 0. The number of rotatable bonds is 2. The second-order valence-electron chi connectivity index (χ2n) is 22.1. The number of pyridine rings is 4. The summed E-state index contributed by atoms with van der Waals surface area (Å²) in [5.41, 5.74) is 17.3. The van der Waals surface area contributed by atoms with Gasteiger partial charge in [-0.25, -0.2) is 27.9 Å². The molecule has 0 saturated heterocycles. The molecule has 4 aromatic heterocycles. The van der Waals surface area contributed by atoms with Gasteiger partial charge in [-0.2, -0.15) is 0 Å². The van der Waals surface area contributed by atoms with E-state index >= 15 is 0 Å². The van der Waals surface area contributed by atoms with E-state index in [2.05, 4.69) is 213 Å². The van der Waals surface area contributed by atoms with Gasteiger partial charge in [0.15, 0.2) is 75.8 Å². The van der Waals surface area contributed by atoms with E-state index in [1.54, 1.807) is 0 Å². The van der Waals surface area contributed by atoms with Gasteiger partial charge in [-0.05, 0) is 66.8 Å². The van der Waals surface area contributed by atoms with Crippen molar-refractivity contribution in [1.29, 1.82) is 0 Å². The number of hydrogen-bond acceptors (Lipinski definition) is 4. The molecule has 10 aromatic rings. The van der Waals surface area contributed by atoms with E-state index in [0.717, 1.165) is 89.0 Å². The van der Waals surface area contributed by atoms with Gasteiger partial charge in [-0.15, -0.1) is 0 Å². The van der Waals surface area contributed by atoms with Crippen molar-refractivity contribution in [2.45, 2.75) is 26.2 Å². The van der Waals surface area contributed by atoms with Crippen molar-refractivity contribution in [2.24, 2.45) is 0 Å². The third kappa shape index (κ3) is 30.2. The molecular weight excluding hydrogens is 1470 g/mol. The Morgan fingerprint density at radius 1 is 0.250 bits per heavy atom. The summed E-state index contributed by atoms with van der Waals surface area (Å²) in [6.45, 7) is 2.79. The molecule has 23 rings (SSSR count). The Morgan fingerprint density at radius 2 is 0.400 bits per heavy atom. The van der Waals surface area contributed by atoms with Crippen molar-refractivity contribution in [3.63, 3.8) is 0 Å². The van der Waals surface area contributed by atoms with E-state index in [1.165, 1.54) is 14.2 Å². The van der Waals surface area contributed by atoms with Gasteiger partial charge in [-0.1, -0.05) is 133 Å². The normalized spacial score (nSPS) is 15.1. The van der Waals surface area contributed by atoms with Crippen LogP contribution in [0.15, 0.2) is 232 Å². The number of aromatic nitrogens is 4. The fourth-order valence-electron chi connectivity index (χ4n) is 9.73. The number of carbonyl (C=O) groups excluding carboxylic acids is 2. The van der Waals surface area contributed by atoms with Crippen LogP contribution < -0.4 is 18.3 Å². The van der Waals surface area contributed by atoms with E-state index in [9.17, 15) is 110 Å². The molecule has 13 aliphatic heterocycles. The van der Waals surface area contributed by atoms with Gasteiger partial charge >= 0.3 is 144 Å². The van der Waals surface area contributed by atoms with E-state index < -0.39 is 31.2 Å². The maximum atomic E-state index is 13.5. The zero-order chi connectivity index (χ0) is 74.6. The minimum absolute atomic E-state index is 0.370. The van der Waals surface area contributed by atoms with Crippen molar-refractivity contribution < 1.29 is 138 Å². The molecule has 6 aromatic carbocycles. The summed E-state index contributed by atoms with van der Waals surface area (Å²) >= 11 is 0. The second kappa shape index (κ2) is 25.5. The maximum absolute atomic E-state index is 13.5. The van der Waals surface area contributed by atoms with E-state index in [-0.39, 0.29) is 11.9 Å². The Balaban J connectivity index is 0.000000422. The van der Waals surface area contributed by atoms with Gasteiger partial charge in [0.05, 0.1) is 25.3 Å². The molecule has 20 bridgehead atoms.